The molecule has 0 spiro atoms. The molecule has 0 aromatic rings. The fourth-order valence-electron chi connectivity index (χ4n) is 2.86. The van der Waals surface area contributed by atoms with Crippen molar-refractivity contribution in [3.63, 3.8) is 0 Å². The van der Waals surface area contributed by atoms with Crippen molar-refractivity contribution in [2.24, 2.45) is 11.3 Å². The predicted molar refractivity (Wildman–Crippen MR) is 105 cm³/mol. The van der Waals surface area contributed by atoms with E-state index in [-0.39, 0.29) is 30.0 Å². The van der Waals surface area contributed by atoms with Gasteiger partial charge in [-0.05, 0) is 73.1 Å². The Morgan fingerprint density at radius 3 is 1.81 bits per heavy atom. The third-order valence-corrected chi connectivity index (χ3v) is 4.80. The number of ether oxygens (including phenoxy) is 2. The van der Waals surface area contributed by atoms with Crippen molar-refractivity contribution in [2.75, 3.05) is 6.61 Å². The molecule has 0 aromatic heterocycles. The Morgan fingerprint density at radius 2 is 1.44 bits per heavy atom. The topological polar surface area (TPSA) is 96.9 Å². The van der Waals surface area contributed by atoms with Gasteiger partial charge in [0.15, 0.2) is 0 Å². The molecule has 1 aliphatic carbocycles. The van der Waals surface area contributed by atoms with Gasteiger partial charge in [0.1, 0.15) is 11.2 Å². The molecule has 0 bridgehead atoms. The second-order valence-corrected chi connectivity index (χ2v) is 9.97. The molecular formula is C20H38N2O5. The number of carbonyl (C=O) groups excluding carboxylic acids is 2. The predicted octanol–water partition coefficient (Wildman–Crippen LogP) is 3.59. The van der Waals surface area contributed by atoms with Crippen molar-refractivity contribution in [2.45, 2.75) is 97.9 Å². The summed E-state index contributed by atoms with van der Waals surface area (Å²) in [6, 6.07) is -0.428. The number of rotatable bonds is 7. The molecule has 0 aliphatic heterocycles. The van der Waals surface area contributed by atoms with Crippen LogP contribution in [-0.2, 0) is 9.47 Å². The maximum absolute atomic E-state index is 12.2. The van der Waals surface area contributed by atoms with E-state index in [1.54, 1.807) is 20.8 Å². The molecule has 1 aliphatic rings. The van der Waals surface area contributed by atoms with Crippen LogP contribution in [0.3, 0.4) is 0 Å². The minimum atomic E-state index is -0.583. The molecule has 0 aromatic carbocycles. The van der Waals surface area contributed by atoms with Gasteiger partial charge in [-0.25, -0.2) is 9.59 Å². The summed E-state index contributed by atoms with van der Waals surface area (Å²) >= 11 is 0. The zero-order valence-corrected chi connectivity index (χ0v) is 18.1. The van der Waals surface area contributed by atoms with E-state index in [1.807, 2.05) is 27.7 Å². The quantitative estimate of drug-likeness (QED) is 0.621. The number of aliphatic hydroxyl groups excluding tert-OH is 1. The molecule has 27 heavy (non-hydrogen) atoms. The largest absolute Gasteiger partial charge is 0.444 e. The molecule has 3 atom stereocenters. The van der Waals surface area contributed by atoms with E-state index in [0.717, 1.165) is 12.8 Å². The lowest BCUT2D eigenvalue weighted by Crippen LogP contribution is -2.48. The monoisotopic (exact) mass is 386 g/mol. The van der Waals surface area contributed by atoms with E-state index in [9.17, 15) is 14.7 Å². The molecule has 158 valence electrons. The van der Waals surface area contributed by atoms with Crippen LogP contribution in [0.1, 0.15) is 74.7 Å². The van der Waals surface area contributed by atoms with Crippen molar-refractivity contribution in [1.82, 2.24) is 10.6 Å². The lowest BCUT2D eigenvalue weighted by molar-refractivity contribution is 0.0416. The summed E-state index contributed by atoms with van der Waals surface area (Å²) in [7, 11) is 0. The van der Waals surface area contributed by atoms with Crippen LogP contribution in [-0.4, -0.2) is 47.2 Å². The van der Waals surface area contributed by atoms with Crippen LogP contribution in [0, 0.1) is 11.3 Å². The van der Waals surface area contributed by atoms with Gasteiger partial charge in [0, 0.05) is 24.6 Å². The average Bonchev–Trinajstić information content (AvgIpc) is 3.17. The summed E-state index contributed by atoms with van der Waals surface area (Å²) in [4.78, 5) is 24.2. The Bertz CT molecular complexity index is 517. The summed E-state index contributed by atoms with van der Waals surface area (Å²) in [6.45, 7) is 14.7. The Labute approximate surface area is 163 Å². The number of hydrogen-bond donors (Lipinski definition) is 3. The molecule has 7 nitrogen and oxygen atoms in total. The smallest absolute Gasteiger partial charge is 0.407 e. The van der Waals surface area contributed by atoms with Gasteiger partial charge in [-0.15, -0.1) is 0 Å². The van der Waals surface area contributed by atoms with Crippen molar-refractivity contribution < 1.29 is 24.2 Å². The van der Waals surface area contributed by atoms with Gasteiger partial charge in [-0.1, -0.05) is 6.92 Å². The zero-order chi connectivity index (χ0) is 21.0. The van der Waals surface area contributed by atoms with Crippen LogP contribution in [0.2, 0.25) is 0 Å². The second-order valence-electron chi connectivity index (χ2n) is 9.97. The van der Waals surface area contributed by atoms with Gasteiger partial charge in [0.05, 0.1) is 0 Å². The fraction of sp³-hybridized carbons (Fsp3) is 0.900. The van der Waals surface area contributed by atoms with Crippen LogP contribution in [0.4, 0.5) is 9.59 Å². The van der Waals surface area contributed by atoms with Gasteiger partial charge >= 0.3 is 12.2 Å². The third-order valence-electron chi connectivity index (χ3n) is 4.80. The molecule has 2 amide bonds. The first-order valence-electron chi connectivity index (χ1n) is 9.75. The first-order chi connectivity index (χ1) is 12.1. The van der Waals surface area contributed by atoms with Crippen LogP contribution < -0.4 is 10.6 Å². The van der Waals surface area contributed by atoms with Crippen molar-refractivity contribution >= 4 is 12.2 Å². The minimum Gasteiger partial charge on any atom is -0.444 e. The first kappa shape index (κ1) is 23.5. The third kappa shape index (κ3) is 8.82. The van der Waals surface area contributed by atoms with Gasteiger partial charge in [0.2, 0.25) is 0 Å². The molecule has 1 rings (SSSR count). The van der Waals surface area contributed by atoms with Crippen LogP contribution in [0.5, 0.6) is 0 Å². The number of nitrogens with one attached hydrogen (secondary N) is 2. The summed E-state index contributed by atoms with van der Waals surface area (Å²) in [5, 5.41) is 15.6. The number of carbonyl (C=O) groups is 2. The molecule has 0 radical (unpaired) electrons. The summed E-state index contributed by atoms with van der Waals surface area (Å²) in [6.07, 6.45) is 1.61. The maximum Gasteiger partial charge on any atom is 0.407 e. The molecule has 1 unspecified atom stereocenters. The SMILES string of the molecule is C[C@@H](NC(=O)OC(C)(C)C)[C@H](CO)CC(NC(=O)OC(C)(C)C)C1(C)CC1. The molecule has 0 heterocycles. The molecule has 1 saturated carbocycles. The Morgan fingerprint density at radius 1 is 1.00 bits per heavy atom. The van der Waals surface area contributed by atoms with Crippen molar-refractivity contribution in [3.8, 4) is 0 Å². The minimum absolute atomic E-state index is 0.00401. The number of aliphatic hydroxyl groups is 1. The molecular weight excluding hydrogens is 348 g/mol. The van der Waals surface area contributed by atoms with E-state index < -0.39 is 23.4 Å². The van der Waals surface area contributed by atoms with E-state index in [1.165, 1.54) is 0 Å². The molecule has 7 heteroatoms. The van der Waals surface area contributed by atoms with Crippen LogP contribution >= 0.6 is 0 Å². The maximum atomic E-state index is 12.2. The van der Waals surface area contributed by atoms with Crippen molar-refractivity contribution in [1.29, 1.82) is 0 Å². The van der Waals surface area contributed by atoms with Gasteiger partial charge in [-0.3, -0.25) is 0 Å². The van der Waals surface area contributed by atoms with Crippen molar-refractivity contribution in [3.05, 3.63) is 0 Å². The average molecular weight is 387 g/mol. The highest BCUT2D eigenvalue weighted by molar-refractivity contribution is 5.68. The van der Waals surface area contributed by atoms with E-state index in [2.05, 4.69) is 17.6 Å². The zero-order valence-electron chi connectivity index (χ0n) is 18.1. The summed E-state index contributed by atoms with van der Waals surface area (Å²) < 4.78 is 10.7. The lowest BCUT2D eigenvalue weighted by Gasteiger charge is -2.32. The van der Waals surface area contributed by atoms with E-state index in [4.69, 9.17) is 9.47 Å². The first-order valence-corrected chi connectivity index (χ1v) is 9.75. The number of alkyl carbamates (subject to hydrolysis) is 2. The van der Waals surface area contributed by atoms with Gasteiger partial charge in [0.25, 0.3) is 0 Å². The lowest BCUT2D eigenvalue weighted by atomic mass is 9.86. The fourth-order valence-corrected chi connectivity index (χ4v) is 2.86. The molecule has 0 saturated heterocycles. The normalized spacial score (nSPS) is 19.4. The Balaban J connectivity index is 2.71. The highest BCUT2D eigenvalue weighted by atomic mass is 16.6. The van der Waals surface area contributed by atoms with E-state index >= 15 is 0 Å². The second kappa shape index (κ2) is 8.67. The Kier molecular flexibility index (Phi) is 7.56. The highest BCUT2D eigenvalue weighted by Crippen LogP contribution is 2.50. The summed E-state index contributed by atoms with van der Waals surface area (Å²) in [5.74, 6) is -0.213. The summed E-state index contributed by atoms with van der Waals surface area (Å²) in [5.41, 5.74) is -1.15. The molecule has 1 fully saturated rings. The standard InChI is InChI=1S/C20H38N2O5/c1-13(21-16(24)26-18(2,3)4)14(12-23)11-15(20(8)9-10-20)22-17(25)27-19(5,6)7/h13-15,23H,9-12H2,1-8H3,(H,21,24)(H,22,25)/t13-,14+,15?/m1/s1. The Hall–Kier alpha value is -1.50. The number of hydrogen-bond acceptors (Lipinski definition) is 5. The number of amides is 2. The molecule has 3 N–H and O–H groups in total. The van der Waals surface area contributed by atoms with Crippen LogP contribution in [0.15, 0.2) is 0 Å². The van der Waals surface area contributed by atoms with Gasteiger partial charge in [-0.2, -0.15) is 0 Å². The highest BCUT2D eigenvalue weighted by Gasteiger charge is 2.47. The van der Waals surface area contributed by atoms with E-state index in [0.29, 0.717) is 6.42 Å². The van der Waals surface area contributed by atoms with Gasteiger partial charge < -0.3 is 25.2 Å². The van der Waals surface area contributed by atoms with Crippen LogP contribution in [0.25, 0.3) is 0 Å².